The summed E-state index contributed by atoms with van der Waals surface area (Å²) in [5.41, 5.74) is 2.43. The number of hydrogen-bond donors (Lipinski definition) is 1. The molecule has 0 amide bonds. The summed E-state index contributed by atoms with van der Waals surface area (Å²) in [6.07, 6.45) is 0. The van der Waals surface area contributed by atoms with E-state index >= 15 is 0 Å². The molecule has 0 saturated heterocycles. The Bertz CT molecular complexity index is 1330. The monoisotopic (exact) mass is 424 g/mol. The van der Waals surface area contributed by atoms with Gasteiger partial charge in [-0.05, 0) is 23.3 Å². The minimum Gasteiger partial charge on any atom is -0.354 e. The Morgan fingerprint density at radius 2 is 1.57 bits per heavy atom. The number of benzene rings is 3. The van der Waals surface area contributed by atoms with E-state index in [1.54, 1.807) is 48.5 Å². The van der Waals surface area contributed by atoms with Crippen molar-refractivity contribution in [3.05, 3.63) is 100 Å². The highest BCUT2D eigenvalue weighted by Gasteiger charge is 2.29. The molecule has 0 bridgehead atoms. The first-order chi connectivity index (χ1) is 14.4. The van der Waals surface area contributed by atoms with E-state index in [0.29, 0.717) is 27.7 Å². The zero-order valence-corrected chi connectivity index (χ0v) is 16.5. The lowest BCUT2D eigenvalue weighted by molar-refractivity contribution is -0.481. The summed E-state index contributed by atoms with van der Waals surface area (Å²) in [7, 11) is -5.00. The van der Waals surface area contributed by atoms with Crippen LogP contribution in [0.1, 0.15) is 17.0 Å². The van der Waals surface area contributed by atoms with Crippen LogP contribution in [0, 0.1) is 10.1 Å². The third-order valence-electron chi connectivity index (χ3n) is 5.05. The van der Waals surface area contributed by atoms with Crippen molar-refractivity contribution in [3.63, 3.8) is 0 Å². The van der Waals surface area contributed by atoms with Crippen LogP contribution >= 0.6 is 0 Å². The topological polar surface area (TPSA) is 93.1 Å². The van der Waals surface area contributed by atoms with Crippen molar-refractivity contribution in [3.8, 4) is 11.3 Å². The van der Waals surface area contributed by atoms with Crippen molar-refractivity contribution >= 4 is 21.1 Å². The van der Waals surface area contributed by atoms with Crippen LogP contribution in [0.4, 0.5) is 3.89 Å². The summed E-state index contributed by atoms with van der Waals surface area (Å²) < 4.78 is 37.6. The summed E-state index contributed by atoms with van der Waals surface area (Å²) in [5.74, 6) is -0.664. The summed E-state index contributed by atoms with van der Waals surface area (Å²) in [5, 5.41) is 12.2. The molecule has 0 aliphatic carbocycles. The fraction of sp³-hybridized carbons (Fsp3) is 0.0909. The Hall–Kier alpha value is -3.52. The average Bonchev–Trinajstić information content (AvgIpc) is 3.11. The predicted molar refractivity (Wildman–Crippen MR) is 112 cm³/mol. The smallest absolute Gasteiger partial charge is 0.332 e. The predicted octanol–water partition coefficient (Wildman–Crippen LogP) is 4.90. The van der Waals surface area contributed by atoms with E-state index in [1.165, 1.54) is 18.2 Å². The minimum absolute atomic E-state index is 0.135. The molecule has 1 aromatic heterocycles. The summed E-state index contributed by atoms with van der Waals surface area (Å²) in [4.78, 5) is 13.8. The first-order valence-electron chi connectivity index (χ1n) is 9.17. The molecule has 4 rings (SSSR count). The van der Waals surface area contributed by atoms with E-state index < -0.39 is 32.5 Å². The van der Waals surface area contributed by atoms with Crippen molar-refractivity contribution in [1.29, 1.82) is 0 Å². The number of fused-ring (bicyclic) bond motifs is 1. The van der Waals surface area contributed by atoms with Gasteiger partial charge < -0.3 is 4.98 Å². The molecule has 1 heterocycles. The van der Waals surface area contributed by atoms with E-state index in [9.17, 15) is 22.4 Å². The molecule has 1 unspecified atom stereocenters. The first kappa shape index (κ1) is 19.8. The Kier molecular flexibility index (Phi) is 5.09. The number of nitro groups is 1. The number of nitrogens with one attached hydrogen (secondary N) is 1. The third-order valence-corrected chi connectivity index (χ3v) is 5.93. The van der Waals surface area contributed by atoms with Crippen LogP contribution in [0.3, 0.4) is 0 Å². The highest BCUT2D eigenvalue weighted by Crippen LogP contribution is 2.41. The summed E-state index contributed by atoms with van der Waals surface area (Å²) in [6, 6.07) is 21.9. The van der Waals surface area contributed by atoms with Crippen LogP contribution in [0.2, 0.25) is 0 Å². The fourth-order valence-electron chi connectivity index (χ4n) is 3.82. The molecule has 0 radical (unpaired) electrons. The van der Waals surface area contributed by atoms with Gasteiger partial charge in [-0.1, -0.05) is 66.7 Å². The number of aromatic amines is 1. The second kappa shape index (κ2) is 7.72. The zero-order valence-electron chi connectivity index (χ0n) is 15.7. The van der Waals surface area contributed by atoms with Gasteiger partial charge in [0.25, 0.3) is 0 Å². The van der Waals surface area contributed by atoms with Gasteiger partial charge >= 0.3 is 10.2 Å². The Balaban J connectivity index is 2.07. The molecule has 0 spiro atoms. The zero-order chi connectivity index (χ0) is 21.3. The van der Waals surface area contributed by atoms with Gasteiger partial charge in [0.1, 0.15) is 4.90 Å². The lowest BCUT2D eigenvalue weighted by atomic mass is 9.87. The van der Waals surface area contributed by atoms with Crippen LogP contribution in [-0.4, -0.2) is 24.9 Å². The molecule has 1 atom stereocenters. The molecular weight excluding hydrogens is 407 g/mol. The molecule has 30 heavy (non-hydrogen) atoms. The molecule has 0 aliphatic heterocycles. The van der Waals surface area contributed by atoms with Crippen molar-refractivity contribution < 1.29 is 17.2 Å². The van der Waals surface area contributed by atoms with Crippen molar-refractivity contribution in [2.24, 2.45) is 0 Å². The highest BCUT2D eigenvalue weighted by molar-refractivity contribution is 7.86. The molecule has 0 fully saturated rings. The largest absolute Gasteiger partial charge is 0.354 e. The Morgan fingerprint density at radius 1 is 0.933 bits per heavy atom. The molecule has 8 heteroatoms. The van der Waals surface area contributed by atoms with Crippen LogP contribution in [-0.2, 0) is 10.2 Å². The van der Waals surface area contributed by atoms with E-state index in [2.05, 4.69) is 4.98 Å². The third kappa shape index (κ3) is 3.69. The quantitative estimate of drug-likeness (QED) is 0.271. The van der Waals surface area contributed by atoms with E-state index in [1.807, 2.05) is 12.1 Å². The summed E-state index contributed by atoms with van der Waals surface area (Å²) in [6.45, 7) is -0.399. The van der Waals surface area contributed by atoms with Crippen molar-refractivity contribution in [2.45, 2.75) is 10.8 Å². The number of halogens is 1. The van der Waals surface area contributed by atoms with Crippen LogP contribution < -0.4 is 0 Å². The molecule has 6 nitrogen and oxygen atoms in total. The minimum atomic E-state index is -5.00. The maximum absolute atomic E-state index is 14.0. The van der Waals surface area contributed by atoms with Gasteiger partial charge in [-0.3, -0.25) is 10.1 Å². The van der Waals surface area contributed by atoms with Crippen LogP contribution in [0.15, 0.2) is 83.8 Å². The Labute approximate surface area is 172 Å². The molecule has 1 N–H and O–H groups in total. The maximum atomic E-state index is 14.0. The lowest BCUT2D eigenvalue weighted by Gasteiger charge is -2.16. The van der Waals surface area contributed by atoms with Crippen molar-refractivity contribution in [2.75, 3.05) is 6.54 Å². The van der Waals surface area contributed by atoms with Gasteiger partial charge in [0.15, 0.2) is 0 Å². The second-order valence-electron chi connectivity index (χ2n) is 6.87. The summed E-state index contributed by atoms with van der Waals surface area (Å²) >= 11 is 0. The molecule has 3 aromatic carbocycles. The lowest BCUT2D eigenvalue weighted by Crippen LogP contribution is -2.14. The highest BCUT2D eigenvalue weighted by atomic mass is 32.3. The number of rotatable bonds is 6. The van der Waals surface area contributed by atoms with E-state index in [4.69, 9.17) is 0 Å². The number of para-hydroxylation sites is 1. The van der Waals surface area contributed by atoms with Gasteiger partial charge in [-0.2, -0.15) is 8.42 Å². The van der Waals surface area contributed by atoms with Gasteiger partial charge in [0, 0.05) is 21.4 Å². The number of H-pyrrole nitrogens is 1. The molecule has 0 saturated carbocycles. The van der Waals surface area contributed by atoms with Gasteiger partial charge in [-0.25, -0.2) is 0 Å². The number of nitrogens with zero attached hydrogens (tertiary/aromatic N) is 1. The van der Waals surface area contributed by atoms with E-state index in [0.717, 1.165) is 0 Å². The number of hydrogen-bond acceptors (Lipinski definition) is 4. The van der Waals surface area contributed by atoms with Crippen LogP contribution in [0.25, 0.3) is 22.2 Å². The molecule has 4 aromatic rings. The molecular formula is C22H17FN2O4S. The van der Waals surface area contributed by atoms with Gasteiger partial charge in [0.05, 0.1) is 11.6 Å². The van der Waals surface area contributed by atoms with Crippen LogP contribution in [0.5, 0.6) is 0 Å². The van der Waals surface area contributed by atoms with Gasteiger partial charge in [-0.15, -0.1) is 3.89 Å². The Morgan fingerprint density at radius 3 is 2.27 bits per heavy atom. The maximum Gasteiger partial charge on any atom is 0.332 e. The SMILES string of the molecule is O=[N+]([O-])CC(c1ccccc1)c1c(-c2ccccc2S(=O)(=O)F)[nH]c2ccccc12. The van der Waals surface area contributed by atoms with Crippen molar-refractivity contribution in [1.82, 2.24) is 4.98 Å². The van der Waals surface area contributed by atoms with E-state index in [-0.39, 0.29) is 5.56 Å². The normalized spacial score (nSPS) is 12.7. The standard InChI is InChI=1S/C22H17FN2O4S/c23-30(28,29)20-13-7-5-11-17(20)22-21(16-10-4-6-12-19(16)24-22)18(14-25(26)27)15-8-2-1-3-9-15/h1-13,18,24H,14H2. The first-order valence-corrected chi connectivity index (χ1v) is 10.6. The molecule has 0 aliphatic rings. The second-order valence-corrected chi connectivity index (χ2v) is 8.19. The molecule has 152 valence electrons. The fourth-order valence-corrected chi connectivity index (χ4v) is 4.50. The number of aromatic nitrogens is 1. The van der Waals surface area contributed by atoms with Gasteiger partial charge in [0.2, 0.25) is 6.54 Å². The average molecular weight is 424 g/mol.